The third-order valence-corrected chi connectivity index (χ3v) is 3.11. The average Bonchev–Trinajstić information content (AvgIpc) is 2.85. The fourth-order valence-corrected chi connectivity index (χ4v) is 2.21. The number of carbonyl (C=O) groups excluding carboxylic acids is 2. The molecular weight excluding hydrogens is 356 g/mol. The first-order valence-corrected chi connectivity index (χ1v) is 6.78. The maximum atomic E-state index is 10.9. The summed E-state index contributed by atoms with van der Waals surface area (Å²) in [6, 6.07) is 7.39. The van der Waals surface area contributed by atoms with E-state index in [2.05, 4.69) is 21.2 Å². The van der Waals surface area contributed by atoms with E-state index < -0.39 is 0 Å². The van der Waals surface area contributed by atoms with Crippen LogP contribution in [0.3, 0.4) is 0 Å². The van der Waals surface area contributed by atoms with Crippen LogP contribution in [0.4, 0.5) is 10.8 Å². The summed E-state index contributed by atoms with van der Waals surface area (Å²) in [5.41, 5.74) is 7.67. The molecule has 0 atom stereocenters. The van der Waals surface area contributed by atoms with Gasteiger partial charge in [-0.2, -0.15) is 0 Å². The standard InChI is InChI=1S/C13H14N4O2S.BrH/c1-8(18)14-11-5-3-10(4-6-11)12-7-20-13(15-12)17-16-9(2)19;/h3-7H,1-2H3,(H,14,18)(H,15,17)(H,16,19);1H. The van der Waals surface area contributed by atoms with E-state index in [1.54, 1.807) is 0 Å². The van der Waals surface area contributed by atoms with Crippen LogP contribution in [0, 0.1) is 0 Å². The molecule has 0 saturated carbocycles. The van der Waals surface area contributed by atoms with E-state index in [9.17, 15) is 9.59 Å². The van der Waals surface area contributed by atoms with Gasteiger partial charge in [0.1, 0.15) is 0 Å². The molecule has 0 bridgehead atoms. The van der Waals surface area contributed by atoms with E-state index in [0.29, 0.717) is 5.13 Å². The van der Waals surface area contributed by atoms with Gasteiger partial charge in [0.15, 0.2) is 0 Å². The second kappa shape index (κ2) is 7.75. The predicted octanol–water partition coefficient (Wildman–Crippen LogP) is 2.81. The lowest BCUT2D eigenvalue weighted by Crippen LogP contribution is -2.26. The van der Waals surface area contributed by atoms with E-state index in [4.69, 9.17) is 0 Å². The first-order valence-electron chi connectivity index (χ1n) is 5.91. The number of hydrogen-bond donors (Lipinski definition) is 3. The number of hydrogen-bond acceptors (Lipinski definition) is 5. The lowest BCUT2D eigenvalue weighted by molar-refractivity contribution is -0.118. The van der Waals surface area contributed by atoms with Crippen molar-refractivity contribution in [1.29, 1.82) is 0 Å². The summed E-state index contributed by atoms with van der Waals surface area (Å²) in [5.74, 6) is -0.283. The summed E-state index contributed by atoms with van der Waals surface area (Å²) in [7, 11) is 0. The van der Waals surface area contributed by atoms with Gasteiger partial charge >= 0.3 is 0 Å². The van der Waals surface area contributed by atoms with Crippen molar-refractivity contribution in [1.82, 2.24) is 10.4 Å². The molecule has 0 spiro atoms. The summed E-state index contributed by atoms with van der Waals surface area (Å²) in [6.45, 7) is 2.89. The number of aromatic nitrogens is 1. The number of hydrazine groups is 1. The molecule has 2 amide bonds. The van der Waals surface area contributed by atoms with Crippen molar-refractivity contribution in [2.24, 2.45) is 0 Å². The smallest absolute Gasteiger partial charge is 0.235 e. The number of carbonyl (C=O) groups is 2. The van der Waals surface area contributed by atoms with Gasteiger partial charge in [-0.1, -0.05) is 12.1 Å². The second-order valence-corrected chi connectivity index (χ2v) is 4.96. The lowest BCUT2D eigenvalue weighted by atomic mass is 10.1. The Morgan fingerprint density at radius 2 is 1.76 bits per heavy atom. The molecule has 0 saturated heterocycles. The van der Waals surface area contributed by atoms with Gasteiger partial charge in [0, 0.05) is 30.5 Å². The second-order valence-electron chi connectivity index (χ2n) is 4.10. The van der Waals surface area contributed by atoms with Crippen molar-refractivity contribution in [2.75, 3.05) is 10.7 Å². The van der Waals surface area contributed by atoms with Gasteiger partial charge in [-0.25, -0.2) is 4.98 Å². The molecule has 0 aliphatic heterocycles. The van der Waals surface area contributed by atoms with E-state index in [-0.39, 0.29) is 28.8 Å². The molecule has 2 rings (SSSR count). The third-order valence-electron chi connectivity index (χ3n) is 2.35. The number of benzene rings is 1. The molecule has 1 heterocycles. The summed E-state index contributed by atoms with van der Waals surface area (Å²) in [4.78, 5) is 26.1. The zero-order chi connectivity index (χ0) is 14.5. The highest BCUT2D eigenvalue weighted by Crippen LogP contribution is 2.25. The van der Waals surface area contributed by atoms with Crippen LogP contribution in [0.1, 0.15) is 13.8 Å². The molecule has 8 heteroatoms. The van der Waals surface area contributed by atoms with Gasteiger partial charge in [-0.05, 0) is 12.1 Å². The highest BCUT2D eigenvalue weighted by atomic mass is 79.9. The van der Waals surface area contributed by atoms with E-state index in [0.717, 1.165) is 16.9 Å². The normalized spacial score (nSPS) is 9.43. The van der Waals surface area contributed by atoms with E-state index in [1.807, 2.05) is 29.6 Å². The SMILES string of the molecule is Br.CC(=O)NNc1nc(-c2ccc(NC(C)=O)cc2)cs1. The van der Waals surface area contributed by atoms with Gasteiger partial charge in [0.25, 0.3) is 0 Å². The highest BCUT2D eigenvalue weighted by molar-refractivity contribution is 8.93. The highest BCUT2D eigenvalue weighted by Gasteiger charge is 2.05. The first kappa shape index (κ1) is 17.1. The Labute approximate surface area is 136 Å². The molecule has 1 aromatic carbocycles. The Hall–Kier alpha value is -1.93. The Kier molecular flexibility index (Phi) is 6.32. The summed E-state index contributed by atoms with van der Waals surface area (Å²) >= 11 is 1.39. The van der Waals surface area contributed by atoms with Crippen LogP contribution >= 0.6 is 28.3 Å². The van der Waals surface area contributed by atoms with Crippen LogP contribution in [0.5, 0.6) is 0 Å². The van der Waals surface area contributed by atoms with Crippen LogP contribution in [-0.4, -0.2) is 16.8 Å². The topological polar surface area (TPSA) is 83.1 Å². The first-order chi connectivity index (χ1) is 9.54. The average molecular weight is 371 g/mol. The van der Waals surface area contributed by atoms with Crippen molar-refractivity contribution in [3.05, 3.63) is 29.6 Å². The van der Waals surface area contributed by atoms with E-state index in [1.165, 1.54) is 25.2 Å². The summed E-state index contributed by atoms with van der Waals surface area (Å²) in [6.07, 6.45) is 0. The van der Waals surface area contributed by atoms with Crippen LogP contribution in [0.15, 0.2) is 29.6 Å². The van der Waals surface area contributed by atoms with Gasteiger partial charge in [-0.15, -0.1) is 28.3 Å². The molecule has 0 aliphatic carbocycles. The molecule has 1 aromatic heterocycles. The molecule has 2 aromatic rings. The maximum absolute atomic E-state index is 10.9. The van der Waals surface area contributed by atoms with E-state index >= 15 is 0 Å². The summed E-state index contributed by atoms with van der Waals surface area (Å²) < 4.78 is 0. The predicted molar refractivity (Wildman–Crippen MR) is 89.6 cm³/mol. The Morgan fingerprint density at radius 1 is 1.10 bits per heavy atom. The lowest BCUT2D eigenvalue weighted by Gasteiger charge is -2.03. The van der Waals surface area contributed by atoms with Crippen LogP contribution < -0.4 is 16.2 Å². The summed E-state index contributed by atoms with van der Waals surface area (Å²) in [5, 5.41) is 5.20. The minimum atomic E-state index is -0.179. The zero-order valence-corrected chi connectivity index (χ0v) is 14.0. The molecule has 21 heavy (non-hydrogen) atoms. The molecule has 0 unspecified atom stereocenters. The molecular formula is C13H15BrN4O2S. The number of amides is 2. The monoisotopic (exact) mass is 370 g/mol. The molecule has 0 fully saturated rings. The number of halogens is 1. The molecule has 6 nitrogen and oxygen atoms in total. The van der Waals surface area contributed by atoms with Crippen molar-refractivity contribution in [3.8, 4) is 11.3 Å². The molecule has 3 N–H and O–H groups in total. The number of anilines is 2. The largest absolute Gasteiger partial charge is 0.326 e. The zero-order valence-electron chi connectivity index (χ0n) is 11.5. The molecule has 0 aliphatic rings. The van der Waals surface area contributed by atoms with Crippen molar-refractivity contribution >= 4 is 51.0 Å². The quantitative estimate of drug-likeness (QED) is 0.722. The molecule has 0 radical (unpaired) electrons. The number of nitrogens with zero attached hydrogens (tertiary/aromatic N) is 1. The third kappa shape index (κ3) is 5.16. The maximum Gasteiger partial charge on any atom is 0.235 e. The van der Waals surface area contributed by atoms with Gasteiger partial charge in [0.2, 0.25) is 16.9 Å². The van der Waals surface area contributed by atoms with Crippen molar-refractivity contribution < 1.29 is 9.59 Å². The van der Waals surface area contributed by atoms with Gasteiger partial charge in [0.05, 0.1) is 5.69 Å². The van der Waals surface area contributed by atoms with Crippen LogP contribution in [-0.2, 0) is 9.59 Å². The minimum absolute atomic E-state index is 0. The Bertz CT molecular complexity index is 627. The van der Waals surface area contributed by atoms with Crippen LogP contribution in [0.25, 0.3) is 11.3 Å². The van der Waals surface area contributed by atoms with Gasteiger partial charge < -0.3 is 5.32 Å². The number of nitrogens with one attached hydrogen (secondary N) is 3. The van der Waals surface area contributed by atoms with Gasteiger partial charge in [-0.3, -0.25) is 20.4 Å². The number of rotatable bonds is 4. The minimum Gasteiger partial charge on any atom is -0.326 e. The fraction of sp³-hybridized carbons (Fsp3) is 0.154. The van der Waals surface area contributed by atoms with Crippen molar-refractivity contribution in [3.63, 3.8) is 0 Å². The molecule has 112 valence electrons. The van der Waals surface area contributed by atoms with Crippen LogP contribution in [0.2, 0.25) is 0 Å². The fourth-order valence-electron chi connectivity index (χ4n) is 1.53. The Balaban J connectivity index is 0.00000220. The Morgan fingerprint density at radius 3 is 2.33 bits per heavy atom. The number of thiazole rings is 1. The van der Waals surface area contributed by atoms with Crippen molar-refractivity contribution in [2.45, 2.75) is 13.8 Å².